The smallest absolute Gasteiger partial charge is 0.261 e. The van der Waals surface area contributed by atoms with Crippen molar-refractivity contribution < 1.29 is 13.2 Å². The Hall–Kier alpha value is -2.34. The van der Waals surface area contributed by atoms with Crippen molar-refractivity contribution in [1.82, 2.24) is 4.90 Å². The summed E-state index contributed by atoms with van der Waals surface area (Å²) in [7, 11) is -3.65. The monoisotopic (exact) mass is 400 g/mol. The number of sulfonamides is 1. The lowest BCUT2D eigenvalue weighted by atomic mass is 10.1. The molecule has 1 saturated heterocycles. The third kappa shape index (κ3) is 5.13. The molecule has 1 aliphatic rings. The Balaban J connectivity index is 1.66. The van der Waals surface area contributed by atoms with E-state index in [0.717, 1.165) is 50.8 Å². The summed E-state index contributed by atoms with van der Waals surface area (Å²) in [5, 5.41) is 0. The highest BCUT2D eigenvalue weighted by Crippen LogP contribution is 2.19. The molecule has 1 fully saturated rings. The molecule has 0 unspecified atom stereocenters. The lowest BCUT2D eigenvalue weighted by Gasteiger charge is -2.26. The first-order valence-corrected chi connectivity index (χ1v) is 11.5. The fourth-order valence-electron chi connectivity index (χ4n) is 3.39. The molecule has 0 spiro atoms. The van der Waals surface area contributed by atoms with Gasteiger partial charge in [-0.1, -0.05) is 25.5 Å². The van der Waals surface area contributed by atoms with Gasteiger partial charge in [-0.25, -0.2) is 8.42 Å². The van der Waals surface area contributed by atoms with Gasteiger partial charge in [0.05, 0.1) is 4.90 Å². The SMILES string of the molecule is CCCCc1ccc(S(=O)(=O)Nc2ccc(C(=O)N3CCCCC3)cc2)cc1. The lowest BCUT2D eigenvalue weighted by Crippen LogP contribution is -2.35. The number of anilines is 1. The van der Waals surface area contributed by atoms with Gasteiger partial charge in [-0.2, -0.15) is 0 Å². The number of piperidine rings is 1. The van der Waals surface area contributed by atoms with Crippen LogP contribution in [0, 0.1) is 0 Å². The van der Waals surface area contributed by atoms with Gasteiger partial charge in [0.25, 0.3) is 15.9 Å². The molecule has 5 nitrogen and oxygen atoms in total. The van der Waals surface area contributed by atoms with Crippen LogP contribution in [0.15, 0.2) is 53.4 Å². The van der Waals surface area contributed by atoms with Crippen LogP contribution in [0.2, 0.25) is 0 Å². The van der Waals surface area contributed by atoms with Crippen LogP contribution in [0.1, 0.15) is 54.9 Å². The van der Waals surface area contributed by atoms with Crippen LogP contribution in [0.3, 0.4) is 0 Å². The van der Waals surface area contributed by atoms with Crippen molar-refractivity contribution in [3.8, 4) is 0 Å². The zero-order valence-electron chi connectivity index (χ0n) is 16.4. The zero-order chi connectivity index (χ0) is 20.0. The summed E-state index contributed by atoms with van der Waals surface area (Å²) in [5.74, 6) is 0.0109. The summed E-state index contributed by atoms with van der Waals surface area (Å²) in [6.07, 6.45) is 6.41. The van der Waals surface area contributed by atoms with Crippen LogP contribution >= 0.6 is 0 Å². The van der Waals surface area contributed by atoms with E-state index in [2.05, 4.69) is 11.6 Å². The van der Waals surface area contributed by atoms with Crippen LogP contribution in [-0.2, 0) is 16.4 Å². The van der Waals surface area contributed by atoms with E-state index in [0.29, 0.717) is 11.3 Å². The Labute approximate surface area is 167 Å². The van der Waals surface area contributed by atoms with Crippen molar-refractivity contribution >= 4 is 21.6 Å². The molecule has 150 valence electrons. The molecule has 1 N–H and O–H groups in total. The number of carbonyl (C=O) groups is 1. The summed E-state index contributed by atoms with van der Waals surface area (Å²) < 4.78 is 27.8. The highest BCUT2D eigenvalue weighted by molar-refractivity contribution is 7.92. The standard InChI is InChI=1S/C22H28N2O3S/c1-2-3-7-18-8-14-21(15-9-18)28(26,27)23-20-12-10-19(11-13-20)22(25)24-16-5-4-6-17-24/h8-15,23H,2-7,16-17H2,1H3. The molecule has 0 bridgehead atoms. The predicted octanol–water partition coefficient (Wildman–Crippen LogP) is 4.46. The molecule has 0 aromatic heterocycles. The molecule has 0 atom stereocenters. The fraction of sp³-hybridized carbons (Fsp3) is 0.409. The minimum absolute atomic E-state index is 0.0109. The summed E-state index contributed by atoms with van der Waals surface area (Å²) in [6, 6.07) is 13.7. The summed E-state index contributed by atoms with van der Waals surface area (Å²) in [6.45, 7) is 3.72. The van der Waals surface area contributed by atoms with E-state index >= 15 is 0 Å². The van der Waals surface area contributed by atoms with Gasteiger partial charge in [0.15, 0.2) is 0 Å². The Morgan fingerprint density at radius 3 is 2.21 bits per heavy atom. The molecule has 28 heavy (non-hydrogen) atoms. The van der Waals surface area contributed by atoms with Crippen LogP contribution in [-0.4, -0.2) is 32.3 Å². The number of carbonyl (C=O) groups excluding carboxylic acids is 1. The summed E-state index contributed by atoms with van der Waals surface area (Å²) >= 11 is 0. The van der Waals surface area contributed by atoms with E-state index in [4.69, 9.17) is 0 Å². The Morgan fingerprint density at radius 2 is 1.61 bits per heavy atom. The van der Waals surface area contributed by atoms with Gasteiger partial charge in [0.2, 0.25) is 0 Å². The number of likely N-dealkylation sites (tertiary alicyclic amines) is 1. The Morgan fingerprint density at radius 1 is 0.964 bits per heavy atom. The number of nitrogens with one attached hydrogen (secondary N) is 1. The second-order valence-electron chi connectivity index (χ2n) is 7.28. The number of hydrogen-bond donors (Lipinski definition) is 1. The Kier molecular flexibility index (Phi) is 6.73. The average molecular weight is 401 g/mol. The summed E-state index contributed by atoms with van der Waals surface area (Å²) in [4.78, 5) is 14.6. The molecule has 1 heterocycles. The first kappa shape index (κ1) is 20.4. The minimum Gasteiger partial charge on any atom is -0.339 e. The van der Waals surface area contributed by atoms with Crippen LogP contribution in [0.4, 0.5) is 5.69 Å². The maximum Gasteiger partial charge on any atom is 0.261 e. The zero-order valence-corrected chi connectivity index (χ0v) is 17.2. The molecule has 2 aromatic rings. The Bertz CT molecular complexity index is 884. The van der Waals surface area contributed by atoms with Crippen molar-refractivity contribution in [1.29, 1.82) is 0 Å². The molecule has 3 rings (SSSR count). The van der Waals surface area contributed by atoms with E-state index in [9.17, 15) is 13.2 Å². The molecular weight excluding hydrogens is 372 g/mol. The number of unbranched alkanes of at least 4 members (excludes halogenated alkanes) is 1. The van der Waals surface area contributed by atoms with Gasteiger partial charge in [0.1, 0.15) is 0 Å². The number of aryl methyl sites for hydroxylation is 1. The van der Waals surface area contributed by atoms with Crippen LogP contribution in [0.5, 0.6) is 0 Å². The van der Waals surface area contributed by atoms with Crippen molar-refractivity contribution in [3.05, 3.63) is 59.7 Å². The largest absolute Gasteiger partial charge is 0.339 e. The number of benzene rings is 2. The van der Waals surface area contributed by atoms with Gasteiger partial charge >= 0.3 is 0 Å². The molecule has 0 radical (unpaired) electrons. The number of hydrogen-bond acceptors (Lipinski definition) is 3. The normalized spacial score (nSPS) is 14.7. The summed E-state index contributed by atoms with van der Waals surface area (Å²) in [5.41, 5.74) is 2.18. The third-order valence-corrected chi connectivity index (χ3v) is 6.48. The first-order valence-electron chi connectivity index (χ1n) is 10.0. The topological polar surface area (TPSA) is 66.5 Å². The molecular formula is C22H28N2O3S. The average Bonchev–Trinajstić information content (AvgIpc) is 2.73. The van der Waals surface area contributed by atoms with E-state index in [1.165, 1.54) is 6.42 Å². The minimum atomic E-state index is -3.65. The van der Waals surface area contributed by atoms with Gasteiger partial charge < -0.3 is 4.90 Å². The second kappa shape index (κ2) is 9.24. The highest BCUT2D eigenvalue weighted by atomic mass is 32.2. The first-order chi connectivity index (χ1) is 13.5. The second-order valence-corrected chi connectivity index (χ2v) is 8.97. The number of nitrogens with zero attached hydrogens (tertiary/aromatic N) is 1. The van der Waals surface area contributed by atoms with Crippen molar-refractivity contribution in [2.45, 2.75) is 50.3 Å². The third-order valence-electron chi connectivity index (χ3n) is 5.08. The van der Waals surface area contributed by atoms with Crippen molar-refractivity contribution in [3.63, 3.8) is 0 Å². The van der Waals surface area contributed by atoms with Crippen LogP contribution in [0.25, 0.3) is 0 Å². The maximum atomic E-state index is 12.6. The van der Waals surface area contributed by atoms with Gasteiger partial charge in [-0.05, 0) is 74.1 Å². The molecule has 6 heteroatoms. The van der Waals surface area contributed by atoms with Gasteiger partial charge in [-0.15, -0.1) is 0 Å². The van der Waals surface area contributed by atoms with Gasteiger partial charge in [0, 0.05) is 24.3 Å². The van der Waals surface area contributed by atoms with E-state index < -0.39 is 10.0 Å². The number of rotatable bonds is 7. The molecule has 2 aromatic carbocycles. The van der Waals surface area contributed by atoms with Gasteiger partial charge in [-0.3, -0.25) is 9.52 Å². The fourth-order valence-corrected chi connectivity index (χ4v) is 4.45. The van der Waals surface area contributed by atoms with Crippen molar-refractivity contribution in [2.24, 2.45) is 0 Å². The quantitative estimate of drug-likeness (QED) is 0.746. The maximum absolute atomic E-state index is 12.6. The predicted molar refractivity (Wildman–Crippen MR) is 112 cm³/mol. The van der Waals surface area contributed by atoms with E-state index in [-0.39, 0.29) is 10.8 Å². The van der Waals surface area contributed by atoms with Crippen molar-refractivity contribution in [2.75, 3.05) is 17.8 Å². The van der Waals surface area contributed by atoms with E-state index in [1.807, 2.05) is 17.0 Å². The molecule has 0 saturated carbocycles. The molecule has 1 amide bonds. The lowest BCUT2D eigenvalue weighted by molar-refractivity contribution is 0.0724. The number of amides is 1. The molecule has 0 aliphatic carbocycles. The van der Waals surface area contributed by atoms with E-state index in [1.54, 1.807) is 36.4 Å². The molecule has 1 aliphatic heterocycles. The van der Waals surface area contributed by atoms with Crippen LogP contribution < -0.4 is 4.72 Å². The highest BCUT2D eigenvalue weighted by Gasteiger charge is 2.19.